The summed E-state index contributed by atoms with van der Waals surface area (Å²) in [6.07, 6.45) is 2.43. The Morgan fingerprint density at radius 1 is 1.44 bits per heavy atom. The van der Waals surface area contributed by atoms with Crippen LogP contribution in [0.25, 0.3) is 0 Å². The molecule has 0 aromatic carbocycles. The quantitative estimate of drug-likeness (QED) is 0.701. The highest BCUT2D eigenvalue weighted by molar-refractivity contribution is 6.29. The van der Waals surface area contributed by atoms with Gasteiger partial charge in [-0.1, -0.05) is 11.6 Å². The van der Waals surface area contributed by atoms with Gasteiger partial charge in [0.05, 0.1) is 6.61 Å². The molecule has 1 aromatic rings. The number of carbonyl (C=O) groups is 1. The summed E-state index contributed by atoms with van der Waals surface area (Å²) < 4.78 is 5.30. The molecule has 1 aliphatic rings. The summed E-state index contributed by atoms with van der Waals surface area (Å²) in [6, 6.07) is 3.27. The average molecular weight is 241 g/mol. The van der Waals surface area contributed by atoms with Crippen LogP contribution in [0.2, 0.25) is 5.15 Å². The number of nitrogens with zero attached hydrogens (tertiary/aromatic N) is 2. The third-order valence-corrected chi connectivity index (χ3v) is 2.69. The van der Waals surface area contributed by atoms with E-state index in [0.717, 1.165) is 19.6 Å². The summed E-state index contributed by atoms with van der Waals surface area (Å²) in [6.45, 7) is 2.70. The van der Waals surface area contributed by atoms with Crippen LogP contribution in [0.3, 0.4) is 0 Å². The van der Waals surface area contributed by atoms with Crippen LogP contribution in [0.4, 0.5) is 0 Å². The summed E-state index contributed by atoms with van der Waals surface area (Å²) in [7, 11) is 0. The molecule has 5 heteroatoms. The molecular weight excluding hydrogens is 228 g/mol. The van der Waals surface area contributed by atoms with Crippen molar-refractivity contribution in [2.45, 2.75) is 6.42 Å². The average Bonchev–Trinajstić information content (AvgIpc) is 2.56. The van der Waals surface area contributed by atoms with Crippen molar-refractivity contribution in [3.63, 3.8) is 0 Å². The lowest BCUT2D eigenvalue weighted by Gasteiger charge is -2.19. The first kappa shape index (κ1) is 11.4. The fraction of sp³-hybridized carbons (Fsp3) is 0.455. The zero-order chi connectivity index (χ0) is 11.4. The molecule has 0 aliphatic carbocycles. The SMILES string of the molecule is O=C(c1ccnc(Cl)c1)N1CCCOCC1. The van der Waals surface area contributed by atoms with Gasteiger partial charge in [0.15, 0.2) is 0 Å². The summed E-state index contributed by atoms with van der Waals surface area (Å²) in [5.74, 6) is -0.00481. The van der Waals surface area contributed by atoms with E-state index in [-0.39, 0.29) is 5.91 Å². The Labute approximate surface area is 99.2 Å². The Kier molecular flexibility index (Phi) is 3.74. The predicted molar refractivity (Wildman–Crippen MR) is 60.6 cm³/mol. The van der Waals surface area contributed by atoms with Crippen molar-refractivity contribution in [1.29, 1.82) is 0 Å². The zero-order valence-corrected chi connectivity index (χ0v) is 9.61. The molecule has 1 aliphatic heterocycles. The molecule has 1 fully saturated rings. The van der Waals surface area contributed by atoms with Crippen LogP contribution < -0.4 is 0 Å². The number of hydrogen-bond acceptors (Lipinski definition) is 3. The molecule has 4 nitrogen and oxygen atoms in total. The van der Waals surface area contributed by atoms with Crippen LogP contribution in [0.5, 0.6) is 0 Å². The second kappa shape index (κ2) is 5.27. The zero-order valence-electron chi connectivity index (χ0n) is 8.86. The second-order valence-corrected chi connectivity index (χ2v) is 4.01. The minimum atomic E-state index is -0.00481. The fourth-order valence-corrected chi connectivity index (χ4v) is 1.84. The van der Waals surface area contributed by atoms with Crippen LogP contribution in [0.1, 0.15) is 16.8 Å². The number of halogens is 1. The van der Waals surface area contributed by atoms with E-state index in [9.17, 15) is 4.79 Å². The van der Waals surface area contributed by atoms with Crippen molar-refractivity contribution in [2.24, 2.45) is 0 Å². The summed E-state index contributed by atoms with van der Waals surface area (Å²) >= 11 is 5.75. The van der Waals surface area contributed by atoms with Gasteiger partial charge in [-0.2, -0.15) is 0 Å². The van der Waals surface area contributed by atoms with Gasteiger partial charge >= 0.3 is 0 Å². The monoisotopic (exact) mass is 240 g/mol. The number of rotatable bonds is 1. The van der Waals surface area contributed by atoms with Crippen molar-refractivity contribution < 1.29 is 9.53 Å². The van der Waals surface area contributed by atoms with E-state index in [1.165, 1.54) is 0 Å². The summed E-state index contributed by atoms with van der Waals surface area (Å²) in [5.41, 5.74) is 0.585. The summed E-state index contributed by atoms with van der Waals surface area (Å²) in [5, 5.41) is 0.344. The van der Waals surface area contributed by atoms with Gasteiger partial charge in [-0.25, -0.2) is 4.98 Å². The van der Waals surface area contributed by atoms with Crippen molar-refractivity contribution in [1.82, 2.24) is 9.88 Å². The van der Waals surface area contributed by atoms with E-state index in [2.05, 4.69) is 4.98 Å². The Bertz CT molecular complexity index is 376. The minimum Gasteiger partial charge on any atom is -0.380 e. The number of aromatic nitrogens is 1. The van der Waals surface area contributed by atoms with Gasteiger partial charge in [0.1, 0.15) is 5.15 Å². The standard InChI is InChI=1S/C11H13ClN2O2/c12-10-8-9(2-3-13-10)11(15)14-4-1-6-16-7-5-14/h2-3,8H,1,4-7H2. The molecule has 1 aromatic heterocycles. The Morgan fingerprint density at radius 3 is 3.12 bits per heavy atom. The highest BCUT2D eigenvalue weighted by Gasteiger charge is 2.17. The lowest BCUT2D eigenvalue weighted by Crippen LogP contribution is -2.33. The van der Waals surface area contributed by atoms with Gasteiger partial charge in [0.25, 0.3) is 5.91 Å². The normalized spacial score (nSPS) is 16.9. The van der Waals surface area contributed by atoms with E-state index in [4.69, 9.17) is 16.3 Å². The lowest BCUT2D eigenvalue weighted by atomic mass is 10.2. The molecule has 2 heterocycles. The van der Waals surface area contributed by atoms with E-state index < -0.39 is 0 Å². The maximum atomic E-state index is 12.1. The highest BCUT2D eigenvalue weighted by atomic mass is 35.5. The molecular formula is C11H13ClN2O2. The van der Waals surface area contributed by atoms with Gasteiger partial charge in [-0.3, -0.25) is 4.79 Å². The van der Waals surface area contributed by atoms with Gasteiger partial charge in [0, 0.05) is 31.5 Å². The molecule has 0 saturated carbocycles. The molecule has 0 N–H and O–H groups in total. The molecule has 16 heavy (non-hydrogen) atoms. The molecule has 0 spiro atoms. The van der Waals surface area contributed by atoms with Crippen molar-refractivity contribution in [3.8, 4) is 0 Å². The van der Waals surface area contributed by atoms with Gasteiger partial charge in [-0.15, -0.1) is 0 Å². The largest absolute Gasteiger partial charge is 0.380 e. The third kappa shape index (κ3) is 2.71. The topological polar surface area (TPSA) is 42.4 Å². The lowest BCUT2D eigenvalue weighted by molar-refractivity contribution is 0.0741. The van der Waals surface area contributed by atoms with Crippen LogP contribution in [-0.2, 0) is 4.74 Å². The minimum absolute atomic E-state index is 0.00481. The smallest absolute Gasteiger partial charge is 0.254 e. The second-order valence-electron chi connectivity index (χ2n) is 3.63. The van der Waals surface area contributed by atoms with Crippen molar-refractivity contribution in [3.05, 3.63) is 29.0 Å². The van der Waals surface area contributed by atoms with E-state index in [0.29, 0.717) is 23.9 Å². The van der Waals surface area contributed by atoms with Gasteiger partial charge in [-0.05, 0) is 18.6 Å². The number of pyridine rings is 1. The van der Waals surface area contributed by atoms with Crippen LogP contribution in [0, 0.1) is 0 Å². The first-order valence-electron chi connectivity index (χ1n) is 5.26. The summed E-state index contributed by atoms with van der Waals surface area (Å²) in [4.78, 5) is 17.7. The van der Waals surface area contributed by atoms with Crippen molar-refractivity contribution in [2.75, 3.05) is 26.3 Å². The Morgan fingerprint density at radius 2 is 2.31 bits per heavy atom. The Hall–Kier alpha value is -1.13. The van der Waals surface area contributed by atoms with E-state index in [1.807, 2.05) is 0 Å². The maximum absolute atomic E-state index is 12.1. The van der Waals surface area contributed by atoms with E-state index in [1.54, 1.807) is 23.2 Å². The van der Waals surface area contributed by atoms with Gasteiger partial charge in [0.2, 0.25) is 0 Å². The third-order valence-electron chi connectivity index (χ3n) is 2.48. The van der Waals surface area contributed by atoms with Crippen molar-refractivity contribution >= 4 is 17.5 Å². The fourth-order valence-electron chi connectivity index (χ4n) is 1.67. The van der Waals surface area contributed by atoms with E-state index >= 15 is 0 Å². The molecule has 86 valence electrons. The molecule has 1 saturated heterocycles. The number of hydrogen-bond donors (Lipinski definition) is 0. The molecule has 0 unspecified atom stereocenters. The van der Waals surface area contributed by atoms with Gasteiger partial charge < -0.3 is 9.64 Å². The molecule has 2 rings (SSSR count). The highest BCUT2D eigenvalue weighted by Crippen LogP contribution is 2.11. The molecule has 0 radical (unpaired) electrons. The Balaban J connectivity index is 2.11. The number of amides is 1. The number of carbonyl (C=O) groups excluding carboxylic acids is 1. The number of ether oxygens (including phenoxy) is 1. The van der Waals surface area contributed by atoms with Crippen LogP contribution in [0.15, 0.2) is 18.3 Å². The van der Waals surface area contributed by atoms with Crippen LogP contribution in [-0.4, -0.2) is 42.1 Å². The van der Waals surface area contributed by atoms with Crippen LogP contribution >= 0.6 is 11.6 Å². The molecule has 0 atom stereocenters. The first-order chi connectivity index (χ1) is 7.77. The first-order valence-corrected chi connectivity index (χ1v) is 5.64. The predicted octanol–water partition coefficient (Wildman–Crippen LogP) is 1.60. The maximum Gasteiger partial charge on any atom is 0.254 e. The molecule has 1 amide bonds. The molecule has 0 bridgehead atoms.